The van der Waals surface area contributed by atoms with Gasteiger partial charge in [-0.15, -0.1) is 0 Å². The molecule has 1 heterocycles. The normalized spacial score (nSPS) is 13.9. The quantitative estimate of drug-likeness (QED) is 0.804. The highest BCUT2D eigenvalue weighted by atomic mass is 79.9. The Bertz CT molecular complexity index is 712. The largest absolute Gasteiger partial charge is 0.398 e. The fourth-order valence-electron chi connectivity index (χ4n) is 2.74. The molecule has 0 unspecified atom stereocenters. The zero-order valence-electron chi connectivity index (χ0n) is 11.9. The number of nitrogens with zero attached hydrogens (tertiary/aromatic N) is 1. The molecule has 2 aromatic rings. The van der Waals surface area contributed by atoms with Gasteiger partial charge in [-0.25, -0.2) is 0 Å². The fourth-order valence-corrected chi connectivity index (χ4v) is 3.41. The maximum Gasteiger partial charge on any atom is 0.255 e. The molecule has 21 heavy (non-hydrogen) atoms. The Kier molecular flexibility index (Phi) is 3.72. The number of hydrogen-bond donors (Lipinski definition) is 1. The molecular formula is C17H17BrN2O. The first-order chi connectivity index (χ1) is 10.1. The van der Waals surface area contributed by atoms with Crippen LogP contribution in [0.1, 0.15) is 27.0 Å². The van der Waals surface area contributed by atoms with Crippen LogP contribution >= 0.6 is 15.9 Å². The van der Waals surface area contributed by atoms with Gasteiger partial charge in [-0.2, -0.15) is 0 Å². The van der Waals surface area contributed by atoms with Crippen LogP contribution in [0.4, 0.5) is 5.69 Å². The van der Waals surface area contributed by atoms with Gasteiger partial charge in [-0.1, -0.05) is 18.2 Å². The van der Waals surface area contributed by atoms with Gasteiger partial charge in [0.2, 0.25) is 0 Å². The number of rotatable bonds is 1. The van der Waals surface area contributed by atoms with Crippen LogP contribution in [0.15, 0.2) is 40.9 Å². The van der Waals surface area contributed by atoms with Crippen LogP contribution in [0.3, 0.4) is 0 Å². The first-order valence-electron chi connectivity index (χ1n) is 6.98. The molecule has 3 nitrogen and oxygen atoms in total. The number of halogens is 1. The van der Waals surface area contributed by atoms with Crippen molar-refractivity contribution in [3.05, 3.63) is 63.1 Å². The predicted molar refractivity (Wildman–Crippen MR) is 88.2 cm³/mol. The van der Waals surface area contributed by atoms with E-state index in [1.165, 1.54) is 5.56 Å². The van der Waals surface area contributed by atoms with Gasteiger partial charge < -0.3 is 10.6 Å². The highest BCUT2D eigenvalue weighted by Crippen LogP contribution is 2.27. The Balaban J connectivity index is 1.89. The van der Waals surface area contributed by atoms with E-state index in [1.54, 1.807) is 0 Å². The third-order valence-electron chi connectivity index (χ3n) is 3.95. The van der Waals surface area contributed by atoms with Gasteiger partial charge in [0.25, 0.3) is 5.91 Å². The average molecular weight is 345 g/mol. The number of carbonyl (C=O) groups is 1. The van der Waals surface area contributed by atoms with Crippen molar-refractivity contribution in [3.8, 4) is 0 Å². The first-order valence-corrected chi connectivity index (χ1v) is 7.77. The summed E-state index contributed by atoms with van der Waals surface area (Å²) < 4.78 is 0.847. The van der Waals surface area contributed by atoms with Crippen LogP contribution in [0.5, 0.6) is 0 Å². The number of benzene rings is 2. The third-order valence-corrected chi connectivity index (χ3v) is 4.61. The van der Waals surface area contributed by atoms with Gasteiger partial charge in [-0.3, -0.25) is 4.79 Å². The second-order valence-corrected chi connectivity index (χ2v) is 6.30. The number of fused-ring (bicyclic) bond motifs is 1. The minimum Gasteiger partial charge on any atom is -0.398 e. The molecule has 0 spiro atoms. The summed E-state index contributed by atoms with van der Waals surface area (Å²) in [5.74, 6) is 0.0516. The topological polar surface area (TPSA) is 46.3 Å². The number of nitrogens with two attached hydrogens (primary N) is 1. The molecule has 0 bridgehead atoms. The number of hydrogen-bond acceptors (Lipinski definition) is 2. The van der Waals surface area contributed by atoms with Crippen molar-refractivity contribution in [3.63, 3.8) is 0 Å². The molecule has 1 amide bonds. The van der Waals surface area contributed by atoms with Gasteiger partial charge >= 0.3 is 0 Å². The molecular weight excluding hydrogens is 328 g/mol. The van der Waals surface area contributed by atoms with E-state index in [9.17, 15) is 4.79 Å². The lowest BCUT2D eigenvalue weighted by Gasteiger charge is -2.30. The predicted octanol–water partition coefficient (Wildman–Crippen LogP) is 3.54. The van der Waals surface area contributed by atoms with Crippen LogP contribution in [-0.4, -0.2) is 17.4 Å². The van der Waals surface area contributed by atoms with Crippen LogP contribution in [0.25, 0.3) is 0 Å². The van der Waals surface area contributed by atoms with Crippen LogP contribution in [-0.2, 0) is 13.0 Å². The average Bonchev–Trinajstić information content (AvgIpc) is 2.47. The summed E-state index contributed by atoms with van der Waals surface area (Å²) in [5, 5.41) is 0. The van der Waals surface area contributed by atoms with E-state index in [2.05, 4.69) is 22.0 Å². The standard InChI is InChI=1S/C17H17BrN2O/c1-11-5-6-13(15(18)9-11)17(21)20-8-7-12-3-2-4-16(19)14(12)10-20/h2-6,9H,7-8,10,19H2,1H3. The summed E-state index contributed by atoms with van der Waals surface area (Å²) in [6.45, 7) is 3.33. The van der Waals surface area contributed by atoms with Gasteiger partial charge in [-0.05, 0) is 64.2 Å². The Morgan fingerprint density at radius 1 is 1.29 bits per heavy atom. The molecule has 2 aromatic carbocycles. The highest BCUT2D eigenvalue weighted by Gasteiger charge is 2.24. The summed E-state index contributed by atoms with van der Waals surface area (Å²) in [6, 6.07) is 11.8. The van der Waals surface area contributed by atoms with E-state index in [-0.39, 0.29) is 5.91 Å². The number of amides is 1. The van der Waals surface area contributed by atoms with E-state index < -0.39 is 0 Å². The fraction of sp³-hybridized carbons (Fsp3) is 0.235. The molecule has 108 valence electrons. The molecule has 4 heteroatoms. The smallest absolute Gasteiger partial charge is 0.255 e. The summed E-state index contributed by atoms with van der Waals surface area (Å²) in [5.41, 5.74) is 11.0. The van der Waals surface area contributed by atoms with Crippen LogP contribution < -0.4 is 5.73 Å². The molecule has 0 atom stereocenters. The van der Waals surface area contributed by atoms with Crippen molar-refractivity contribution in [2.45, 2.75) is 19.9 Å². The monoisotopic (exact) mass is 344 g/mol. The number of anilines is 1. The minimum atomic E-state index is 0.0516. The number of nitrogen functional groups attached to an aromatic ring is 1. The maximum absolute atomic E-state index is 12.7. The summed E-state index contributed by atoms with van der Waals surface area (Å²) in [7, 11) is 0. The van der Waals surface area contributed by atoms with Crippen molar-refractivity contribution >= 4 is 27.5 Å². The Morgan fingerprint density at radius 2 is 2.10 bits per heavy atom. The number of carbonyl (C=O) groups excluding carboxylic acids is 1. The van der Waals surface area contributed by atoms with Crippen molar-refractivity contribution in [2.24, 2.45) is 0 Å². The van der Waals surface area contributed by atoms with E-state index in [4.69, 9.17) is 5.73 Å². The van der Waals surface area contributed by atoms with E-state index >= 15 is 0 Å². The Labute approximate surface area is 132 Å². The molecule has 0 fully saturated rings. The number of aryl methyl sites for hydroxylation is 1. The zero-order valence-corrected chi connectivity index (χ0v) is 13.5. The van der Waals surface area contributed by atoms with Crippen LogP contribution in [0.2, 0.25) is 0 Å². The Morgan fingerprint density at radius 3 is 2.86 bits per heavy atom. The van der Waals surface area contributed by atoms with Crippen molar-refractivity contribution in [2.75, 3.05) is 12.3 Å². The van der Waals surface area contributed by atoms with Crippen molar-refractivity contribution in [1.29, 1.82) is 0 Å². The summed E-state index contributed by atoms with van der Waals surface area (Å²) >= 11 is 3.49. The van der Waals surface area contributed by atoms with E-state index in [0.29, 0.717) is 12.1 Å². The second-order valence-electron chi connectivity index (χ2n) is 5.44. The van der Waals surface area contributed by atoms with Gasteiger partial charge in [0.05, 0.1) is 5.56 Å². The first kappa shape index (κ1) is 14.1. The second kappa shape index (κ2) is 5.53. The molecule has 1 aliphatic heterocycles. The van der Waals surface area contributed by atoms with Crippen molar-refractivity contribution in [1.82, 2.24) is 4.90 Å². The van der Waals surface area contributed by atoms with E-state index in [0.717, 1.165) is 34.3 Å². The molecule has 3 rings (SSSR count). The highest BCUT2D eigenvalue weighted by molar-refractivity contribution is 9.10. The van der Waals surface area contributed by atoms with Crippen LogP contribution in [0, 0.1) is 6.92 Å². The molecule has 0 aliphatic carbocycles. The van der Waals surface area contributed by atoms with Gasteiger partial charge in [0, 0.05) is 23.2 Å². The molecule has 2 N–H and O–H groups in total. The zero-order chi connectivity index (χ0) is 15.0. The molecule has 1 aliphatic rings. The van der Waals surface area contributed by atoms with Crippen molar-refractivity contribution < 1.29 is 4.79 Å². The molecule has 0 saturated heterocycles. The lowest BCUT2D eigenvalue weighted by Crippen LogP contribution is -2.36. The minimum absolute atomic E-state index is 0.0516. The molecule has 0 radical (unpaired) electrons. The molecule has 0 saturated carbocycles. The maximum atomic E-state index is 12.7. The Hall–Kier alpha value is -1.81. The van der Waals surface area contributed by atoms with Gasteiger partial charge in [0.15, 0.2) is 0 Å². The third kappa shape index (κ3) is 2.68. The van der Waals surface area contributed by atoms with E-state index in [1.807, 2.05) is 42.2 Å². The summed E-state index contributed by atoms with van der Waals surface area (Å²) in [4.78, 5) is 14.6. The molecule has 0 aromatic heterocycles. The summed E-state index contributed by atoms with van der Waals surface area (Å²) in [6.07, 6.45) is 0.857. The SMILES string of the molecule is Cc1ccc(C(=O)N2CCc3cccc(N)c3C2)c(Br)c1. The lowest BCUT2D eigenvalue weighted by atomic mass is 9.97. The lowest BCUT2D eigenvalue weighted by molar-refractivity contribution is 0.0734. The van der Waals surface area contributed by atoms with Gasteiger partial charge in [0.1, 0.15) is 0 Å².